The molecule has 204 valence electrons. The summed E-state index contributed by atoms with van der Waals surface area (Å²) in [5.41, 5.74) is 1.95. The van der Waals surface area contributed by atoms with Gasteiger partial charge in [-0.3, -0.25) is 9.80 Å². The van der Waals surface area contributed by atoms with Crippen LogP contribution in [-0.4, -0.2) is 29.7 Å². The van der Waals surface area contributed by atoms with Crippen molar-refractivity contribution in [2.45, 2.75) is 18.0 Å². The van der Waals surface area contributed by atoms with E-state index in [9.17, 15) is 18.0 Å². The largest absolute Gasteiger partial charge is 0.417 e. The molecule has 1 aliphatic heterocycles. The number of nitrogens with zero attached hydrogens (tertiary/aromatic N) is 2. The summed E-state index contributed by atoms with van der Waals surface area (Å²) in [6.07, 6.45) is -4.06. The molecule has 1 unspecified atom stereocenters. The van der Waals surface area contributed by atoms with Crippen molar-refractivity contribution in [1.82, 2.24) is 5.01 Å². The maximum atomic E-state index is 13.5. The summed E-state index contributed by atoms with van der Waals surface area (Å²) in [5.74, 6) is -0.264. The smallest absolute Gasteiger partial charge is 0.324 e. The van der Waals surface area contributed by atoms with Crippen LogP contribution in [0.1, 0.15) is 22.3 Å². The lowest BCUT2D eigenvalue weighted by Gasteiger charge is -2.32. The Morgan fingerprint density at radius 3 is 2.23 bits per heavy atom. The molecule has 1 atom stereocenters. The lowest BCUT2D eigenvalue weighted by Crippen LogP contribution is -2.42. The van der Waals surface area contributed by atoms with Crippen molar-refractivity contribution in [2.24, 2.45) is 5.10 Å². The number of nitrogens with one attached hydrogen (secondary N) is 1. The van der Waals surface area contributed by atoms with Crippen LogP contribution in [0.5, 0.6) is 0 Å². The molecule has 0 aliphatic carbocycles. The normalized spacial score (nSPS) is 17.0. The molecule has 1 aliphatic rings. The summed E-state index contributed by atoms with van der Waals surface area (Å²) < 4.78 is 41.4. The zero-order valence-electron chi connectivity index (χ0n) is 21.1. The van der Waals surface area contributed by atoms with Crippen LogP contribution in [0, 0.1) is 0 Å². The Bertz CT molecular complexity index is 1530. The molecular weight excluding hydrogens is 603 g/mol. The van der Waals surface area contributed by atoms with Gasteiger partial charge in [-0.2, -0.15) is 18.3 Å². The Morgan fingerprint density at radius 2 is 1.60 bits per heavy atom. The first kappa shape index (κ1) is 27.9. The van der Waals surface area contributed by atoms with Crippen molar-refractivity contribution < 1.29 is 18.0 Å². The van der Waals surface area contributed by atoms with Crippen LogP contribution >= 0.6 is 27.5 Å². The molecule has 0 aromatic heterocycles. The van der Waals surface area contributed by atoms with E-state index in [0.29, 0.717) is 29.9 Å². The third-order valence-electron chi connectivity index (χ3n) is 6.82. The van der Waals surface area contributed by atoms with Crippen LogP contribution in [0.25, 0.3) is 0 Å². The fourth-order valence-corrected chi connectivity index (χ4v) is 5.60. The molecule has 1 heterocycles. The van der Waals surface area contributed by atoms with Crippen molar-refractivity contribution in [3.63, 3.8) is 0 Å². The molecular formula is C31H24BrClF3N3O. The van der Waals surface area contributed by atoms with Gasteiger partial charge < -0.3 is 5.32 Å². The van der Waals surface area contributed by atoms with Crippen molar-refractivity contribution in [3.8, 4) is 0 Å². The Balaban J connectivity index is 1.56. The fraction of sp³-hybridized carbons (Fsp3) is 0.161. The first-order valence-corrected chi connectivity index (χ1v) is 13.7. The number of hydrazone groups is 1. The van der Waals surface area contributed by atoms with E-state index in [0.717, 1.165) is 21.7 Å². The highest BCUT2D eigenvalue weighted by atomic mass is 79.9. The summed E-state index contributed by atoms with van der Waals surface area (Å²) in [4.78, 5) is 13.0. The number of benzene rings is 4. The number of carbonyl (C=O) groups is 1. The average Bonchev–Trinajstić information content (AvgIpc) is 3.28. The Kier molecular flexibility index (Phi) is 8.01. The zero-order valence-corrected chi connectivity index (χ0v) is 23.5. The molecule has 0 saturated heterocycles. The lowest BCUT2D eigenvalue weighted by molar-refractivity contribution is -0.137. The van der Waals surface area contributed by atoms with E-state index in [1.807, 2.05) is 72.8 Å². The molecule has 0 spiro atoms. The third kappa shape index (κ3) is 6.08. The molecule has 9 heteroatoms. The minimum atomic E-state index is -4.58. The molecule has 4 aromatic carbocycles. The van der Waals surface area contributed by atoms with E-state index in [1.54, 1.807) is 17.1 Å². The maximum Gasteiger partial charge on any atom is 0.417 e. The number of hydrogen-bond donors (Lipinski definition) is 1. The van der Waals surface area contributed by atoms with Gasteiger partial charge in [0.2, 0.25) is 5.91 Å². The quantitative estimate of drug-likeness (QED) is 0.226. The van der Waals surface area contributed by atoms with Crippen LogP contribution in [0.4, 0.5) is 18.9 Å². The Hall–Kier alpha value is -3.62. The van der Waals surface area contributed by atoms with Crippen LogP contribution in [0.3, 0.4) is 0 Å². The number of alkyl halides is 3. The van der Waals surface area contributed by atoms with Gasteiger partial charge in [0.15, 0.2) is 0 Å². The molecule has 0 radical (unpaired) electrons. The van der Waals surface area contributed by atoms with Gasteiger partial charge in [0, 0.05) is 15.7 Å². The Labute approximate surface area is 243 Å². The van der Waals surface area contributed by atoms with E-state index < -0.39 is 22.2 Å². The van der Waals surface area contributed by atoms with E-state index in [1.165, 1.54) is 12.1 Å². The summed E-state index contributed by atoms with van der Waals surface area (Å²) in [6, 6.07) is 30.5. The van der Waals surface area contributed by atoms with Gasteiger partial charge >= 0.3 is 6.18 Å². The topological polar surface area (TPSA) is 44.7 Å². The van der Waals surface area contributed by atoms with E-state index in [-0.39, 0.29) is 12.5 Å². The van der Waals surface area contributed by atoms with Gasteiger partial charge in [-0.1, -0.05) is 94.3 Å². The summed E-state index contributed by atoms with van der Waals surface area (Å²) in [6.45, 7) is 0.297. The lowest BCUT2D eigenvalue weighted by atomic mass is 9.70. The van der Waals surface area contributed by atoms with Gasteiger partial charge in [0.25, 0.3) is 0 Å². The van der Waals surface area contributed by atoms with Crippen molar-refractivity contribution in [2.75, 3.05) is 18.4 Å². The van der Waals surface area contributed by atoms with Crippen LogP contribution in [0.15, 0.2) is 113 Å². The molecule has 40 heavy (non-hydrogen) atoms. The predicted molar refractivity (Wildman–Crippen MR) is 156 cm³/mol. The number of anilines is 1. The SMILES string of the molecule is O=C(CN1CC(Cc2ccccc2)(c2ccccc2)C(c2ccc(C(F)(F)F)c(Cl)c2)=N1)Nc1ccc(Br)cc1. The highest BCUT2D eigenvalue weighted by molar-refractivity contribution is 9.10. The van der Waals surface area contributed by atoms with Crippen molar-refractivity contribution >= 4 is 44.8 Å². The van der Waals surface area contributed by atoms with Crippen molar-refractivity contribution in [1.29, 1.82) is 0 Å². The first-order valence-electron chi connectivity index (χ1n) is 12.5. The third-order valence-corrected chi connectivity index (χ3v) is 7.67. The van der Waals surface area contributed by atoms with Gasteiger partial charge in [0.05, 0.1) is 28.3 Å². The minimum Gasteiger partial charge on any atom is -0.324 e. The molecule has 0 saturated carbocycles. The molecule has 5 rings (SSSR count). The first-order chi connectivity index (χ1) is 19.1. The predicted octanol–water partition coefficient (Wildman–Crippen LogP) is 7.96. The van der Waals surface area contributed by atoms with E-state index in [2.05, 4.69) is 21.2 Å². The standard InChI is InChI=1S/C31H24BrClF3N3O/c32-24-12-14-25(15-13-24)37-28(40)19-39-20-30(23-9-5-2-6-10-23,18-21-7-3-1-4-8-21)29(38-39)22-11-16-26(27(33)17-22)31(34,35)36/h1-17H,18-20H2,(H,37,40). The minimum absolute atomic E-state index is 0.0443. The highest BCUT2D eigenvalue weighted by Gasteiger charge is 2.46. The monoisotopic (exact) mass is 625 g/mol. The molecule has 4 nitrogen and oxygen atoms in total. The summed E-state index contributed by atoms with van der Waals surface area (Å²) >= 11 is 9.54. The second-order valence-corrected chi connectivity index (χ2v) is 11.0. The van der Waals surface area contributed by atoms with Crippen LogP contribution < -0.4 is 5.32 Å². The molecule has 1 N–H and O–H groups in total. The van der Waals surface area contributed by atoms with Crippen molar-refractivity contribution in [3.05, 3.63) is 135 Å². The Morgan fingerprint density at radius 1 is 0.950 bits per heavy atom. The fourth-order valence-electron chi connectivity index (χ4n) is 5.05. The maximum absolute atomic E-state index is 13.5. The summed E-state index contributed by atoms with van der Waals surface area (Å²) in [5, 5.41) is 9.01. The molecule has 1 amide bonds. The molecule has 4 aromatic rings. The number of amides is 1. The van der Waals surface area contributed by atoms with Crippen LogP contribution in [0.2, 0.25) is 5.02 Å². The highest BCUT2D eigenvalue weighted by Crippen LogP contribution is 2.41. The number of halogens is 5. The van der Waals surface area contributed by atoms with E-state index in [4.69, 9.17) is 16.7 Å². The molecule has 0 fully saturated rings. The average molecular weight is 627 g/mol. The second kappa shape index (κ2) is 11.5. The van der Waals surface area contributed by atoms with Gasteiger partial charge in [-0.15, -0.1) is 0 Å². The zero-order chi connectivity index (χ0) is 28.3. The number of rotatable bonds is 7. The van der Waals surface area contributed by atoms with Crippen LogP contribution in [-0.2, 0) is 22.8 Å². The van der Waals surface area contributed by atoms with Gasteiger partial charge in [-0.25, -0.2) is 0 Å². The second-order valence-electron chi connectivity index (χ2n) is 9.63. The summed E-state index contributed by atoms with van der Waals surface area (Å²) in [7, 11) is 0. The number of carbonyl (C=O) groups excluding carboxylic acids is 1. The number of hydrogen-bond acceptors (Lipinski definition) is 3. The van der Waals surface area contributed by atoms with Gasteiger partial charge in [0.1, 0.15) is 6.54 Å². The van der Waals surface area contributed by atoms with Gasteiger partial charge in [-0.05, 0) is 53.9 Å². The van der Waals surface area contributed by atoms with E-state index >= 15 is 0 Å². The molecule has 0 bridgehead atoms.